The molecule has 0 aromatic carbocycles. The summed E-state index contributed by atoms with van der Waals surface area (Å²) >= 11 is 0.948. The molecular formula is C12H16N2O4S2. The quantitative estimate of drug-likeness (QED) is 0.893. The molecule has 110 valence electrons. The average Bonchev–Trinajstić information content (AvgIpc) is 3.14. The smallest absolute Gasteiger partial charge is 0.347 e. The summed E-state index contributed by atoms with van der Waals surface area (Å²) in [4.78, 5) is 13.2. The number of carboxylic acids is 1. The van der Waals surface area contributed by atoms with Crippen LogP contribution in [0.3, 0.4) is 0 Å². The number of sulfonamides is 1. The summed E-state index contributed by atoms with van der Waals surface area (Å²) in [6.07, 6.45) is 2.42. The molecule has 1 N–H and O–H groups in total. The van der Waals surface area contributed by atoms with Crippen molar-refractivity contribution in [2.75, 3.05) is 26.2 Å². The van der Waals surface area contributed by atoms with Crippen LogP contribution < -0.4 is 0 Å². The molecule has 0 atom stereocenters. The lowest BCUT2D eigenvalue weighted by Gasteiger charge is -2.33. The van der Waals surface area contributed by atoms with Gasteiger partial charge in [-0.15, -0.1) is 11.3 Å². The third kappa shape index (κ3) is 2.48. The minimum Gasteiger partial charge on any atom is -0.477 e. The third-order valence-electron chi connectivity index (χ3n) is 3.78. The largest absolute Gasteiger partial charge is 0.477 e. The van der Waals surface area contributed by atoms with Gasteiger partial charge in [0.15, 0.2) is 0 Å². The molecule has 0 spiro atoms. The summed E-state index contributed by atoms with van der Waals surface area (Å²) in [6.45, 7) is 2.34. The number of thiophene rings is 1. The molecule has 8 heteroatoms. The molecule has 2 aliphatic rings. The molecule has 1 aliphatic heterocycles. The molecule has 0 bridgehead atoms. The van der Waals surface area contributed by atoms with Crippen molar-refractivity contribution in [1.82, 2.24) is 9.21 Å². The number of hydrogen-bond acceptors (Lipinski definition) is 5. The van der Waals surface area contributed by atoms with Crippen LogP contribution in [0.25, 0.3) is 0 Å². The van der Waals surface area contributed by atoms with Gasteiger partial charge in [-0.2, -0.15) is 4.31 Å². The SMILES string of the molecule is O=C(O)c1sccc1S(=O)(=O)N1CCN(C2CC2)CC1. The minimum absolute atomic E-state index is 0.0742. The number of nitrogens with zero attached hydrogens (tertiary/aromatic N) is 2. The second kappa shape index (κ2) is 5.10. The zero-order chi connectivity index (χ0) is 14.3. The monoisotopic (exact) mass is 316 g/mol. The standard InChI is InChI=1S/C12H16N2O4S2/c15-12(16)11-10(3-8-19-11)20(17,18)14-6-4-13(5-7-14)9-1-2-9/h3,8-9H,1-2,4-7H2,(H,15,16). The number of carboxylic acid groups (broad SMARTS) is 1. The fourth-order valence-electron chi connectivity index (χ4n) is 2.54. The van der Waals surface area contributed by atoms with Crippen LogP contribution in [0.4, 0.5) is 0 Å². The number of carbonyl (C=O) groups is 1. The van der Waals surface area contributed by atoms with Crippen molar-refractivity contribution in [2.45, 2.75) is 23.8 Å². The molecule has 0 radical (unpaired) electrons. The summed E-state index contributed by atoms with van der Waals surface area (Å²) in [5.74, 6) is -1.19. The van der Waals surface area contributed by atoms with Crippen LogP contribution >= 0.6 is 11.3 Å². The van der Waals surface area contributed by atoms with Crippen LogP contribution in [0.5, 0.6) is 0 Å². The van der Waals surface area contributed by atoms with Crippen LogP contribution in [0.1, 0.15) is 22.5 Å². The molecule has 1 aliphatic carbocycles. The number of piperazine rings is 1. The Kier molecular flexibility index (Phi) is 3.57. The van der Waals surface area contributed by atoms with E-state index in [2.05, 4.69) is 4.90 Å². The third-order valence-corrected chi connectivity index (χ3v) is 6.75. The van der Waals surface area contributed by atoms with E-state index in [1.165, 1.54) is 28.6 Å². The molecule has 20 heavy (non-hydrogen) atoms. The molecule has 2 fully saturated rings. The maximum atomic E-state index is 12.5. The van der Waals surface area contributed by atoms with E-state index in [-0.39, 0.29) is 9.77 Å². The van der Waals surface area contributed by atoms with Gasteiger partial charge in [-0.25, -0.2) is 13.2 Å². The van der Waals surface area contributed by atoms with Gasteiger partial charge in [0.2, 0.25) is 10.0 Å². The molecule has 1 aromatic rings. The summed E-state index contributed by atoms with van der Waals surface area (Å²) < 4.78 is 26.4. The van der Waals surface area contributed by atoms with Crippen LogP contribution in [-0.4, -0.2) is 60.9 Å². The summed E-state index contributed by atoms with van der Waals surface area (Å²) in [5, 5.41) is 10.6. The van der Waals surface area contributed by atoms with E-state index in [0.29, 0.717) is 19.1 Å². The molecule has 1 aromatic heterocycles. The van der Waals surface area contributed by atoms with Gasteiger partial charge >= 0.3 is 5.97 Å². The Morgan fingerprint density at radius 1 is 1.25 bits per heavy atom. The van der Waals surface area contributed by atoms with Gasteiger partial charge in [0.1, 0.15) is 9.77 Å². The Bertz CT molecular complexity index is 613. The maximum absolute atomic E-state index is 12.5. The van der Waals surface area contributed by atoms with E-state index in [4.69, 9.17) is 5.11 Å². The highest BCUT2D eigenvalue weighted by molar-refractivity contribution is 7.89. The normalized spacial score (nSPS) is 22.0. The number of hydrogen-bond donors (Lipinski definition) is 1. The van der Waals surface area contributed by atoms with Crippen molar-refractivity contribution >= 4 is 27.3 Å². The van der Waals surface area contributed by atoms with E-state index in [1.807, 2.05) is 0 Å². The summed E-state index contributed by atoms with van der Waals surface area (Å²) in [7, 11) is -3.69. The highest BCUT2D eigenvalue weighted by Crippen LogP contribution is 2.30. The predicted octanol–water partition coefficient (Wildman–Crippen LogP) is 0.915. The van der Waals surface area contributed by atoms with Crippen molar-refractivity contribution in [1.29, 1.82) is 0 Å². The molecule has 3 rings (SSSR count). The van der Waals surface area contributed by atoms with E-state index in [1.54, 1.807) is 0 Å². The average molecular weight is 316 g/mol. The second-order valence-corrected chi connectivity index (χ2v) is 7.91. The molecule has 0 unspecified atom stereocenters. The zero-order valence-corrected chi connectivity index (χ0v) is 12.5. The van der Waals surface area contributed by atoms with Crippen molar-refractivity contribution in [3.05, 3.63) is 16.3 Å². The first-order chi connectivity index (χ1) is 9.50. The molecular weight excluding hydrogens is 300 g/mol. The van der Waals surface area contributed by atoms with E-state index >= 15 is 0 Å². The lowest BCUT2D eigenvalue weighted by molar-refractivity contribution is 0.0698. The van der Waals surface area contributed by atoms with Crippen LogP contribution in [0, 0.1) is 0 Å². The predicted molar refractivity (Wildman–Crippen MR) is 74.6 cm³/mol. The Labute approximate surface area is 121 Å². The van der Waals surface area contributed by atoms with Gasteiger partial charge in [0, 0.05) is 32.2 Å². The van der Waals surface area contributed by atoms with Crippen LogP contribution in [0.15, 0.2) is 16.3 Å². The Balaban J connectivity index is 1.78. The van der Waals surface area contributed by atoms with Gasteiger partial charge in [0.05, 0.1) is 0 Å². The lowest BCUT2D eigenvalue weighted by Crippen LogP contribution is -2.49. The fraction of sp³-hybridized carbons (Fsp3) is 0.583. The first kappa shape index (κ1) is 14.0. The Morgan fingerprint density at radius 3 is 2.45 bits per heavy atom. The lowest BCUT2D eigenvalue weighted by atomic mass is 10.3. The van der Waals surface area contributed by atoms with Gasteiger partial charge in [-0.3, -0.25) is 4.90 Å². The molecule has 0 amide bonds. The van der Waals surface area contributed by atoms with Gasteiger partial charge < -0.3 is 5.11 Å². The maximum Gasteiger partial charge on any atom is 0.347 e. The highest BCUT2D eigenvalue weighted by Gasteiger charge is 2.36. The Morgan fingerprint density at radius 2 is 1.90 bits per heavy atom. The summed E-state index contributed by atoms with van der Waals surface area (Å²) in [5.41, 5.74) is 0. The fourth-order valence-corrected chi connectivity index (χ4v) is 5.20. The first-order valence-corrected chi connectivity index (χ1v) is 8.87. The van der Waals surface area contributed by atoms with E-state index in [9.17, 15) is 13.2 Å². The number of rotatable bonds is 4. The van der Waals surface area contributed by atoms with Gasteiger partial charge in [0.25, 0.3) is 0 Å². The topological polar surface area (TPSA) is 77.9 Å². The highest BCUT2D eigenvalue weighted by atomic mass is 32.2. The van der Waals surface area contributed by atoms with Crippen molar-refractivity contribution < 1.29 is 18.3 Å². The van der Waals surface area contributed by atoms with Crippen LogP contribution in [0.2, 0.25) is 0 Å². The number of aromatic carboxylic acids is 1. The molecule has 1 saturated carbocycles. The van der Waals surface area contributed by atoms with E-state index < -0.39 is 16.0 Å². The molecule has 6 nitrogen and oxygen atoms in total. The Hall–Kier alpha value is -0.960. The second-order valence-electron chi connectivity index (χ2n) is 5.09. The van der Waals surface area contributed by atoms with Crippen molar-refractivity contribution in [2.24, 2.45) is 0 Å². The van der Waals surface area contributed by atoms with Crippen molar-refractivity contribution in [3.8, 4) is 0 Å². The minimum atomic E-state index is -3.69. The zero-order valence-electron chi connectivity index (χ0n) is 10.9. The van der Waals surface area contributed by atoms with Gasteiger partial charge in [-0.1, -0.05) is 0 Å². The van der Waals surface area contributed by atoms with Crippen molar-refractivity contribution in [3.63, 3.8) is 0 Å². The summed E-state index contributed by atoms with van der Waals surface area (Å²) in [6, 6.07) is 2.02. The molecule has 2 heterocycles. The van der Waals surface area contributed by atoms with Gasteiger partial charge in [-0.05, 0) is 24.3 Å². The van der Waals surface area contributed by atoms with Crippen LogP contribution in [-0.2, 0) is 10.0 Å². The van der Waals surface area contributed by atoms with E-state index in [0.717, 1.165) is 24.4 Å². The molecule has 1 saturated heterocycles. The first-order valence-electron chi connectivity index (χ1n) is 6.55.